The number of pyridine rings is 1. The van der Waals surface area contributed by atoms with Crippen LogP contribution in [-0.2, 0) is 6.18 Å². The third-order valence-corrected chi connectivity index (χ3v) is 2.91. The first-order valence-corrected chi connectivity index (χ1v) is 6.39. The SMILES string of the molecule is CN(C)C(=O)Nc1ccc(-c2cccc(C(F)(F)F)c2)nc1. The number of benzene rings is 1. The Labute approximate surface area is 125 Å². The van der Waals surface area contributed by atoms with E-state index < -0.39 is 11.7 Å². The summed E-state index contributed by atoms with van der Waals surface area (Å²) >= 11 is 0. The topological polar surface area (TPSA) is 45.2 Å². The summed E-state index contributed by atoms with van der Waals surface area (Å²) in [5.41, 5.74) is 0.500. The van der Waals surface area contributed by atoms with Gasteiger partial charge in [-0.15, -0.1) is 0 Å². The third kappa shape index (κ3) is 3.75. The van der Waals surface area contributed by atoms with E-state index in [4.69, 9.17) is 0 Å². The van der Waals surface area contributed by atoms with Crippen molar-refractivity contribution in [3.05, 3.63) is 48.2 Å². The Balaban J connectivity index is 2.22. The van der Waals surface area contributed by atoms with Gasteiger partial charge in [0.2, 0.25) is 0 Å². The molecule has 0 aliphatic heterocycles. The molecule has 2 rings (SSSR count). The molecule has 1 aromatic carbocycles. The number of carbonyl (C=O) groups excluding carboxylic acids is 1. The fraction of sp³-hybridized carbons (Fsp3) is 0.200. The van der Waals surface area contributed by atoms with Crippen molar-refractivity contribution in [3.8, 4) is 11.3 Å². The molecule has 0 spiro atoms. The number of hydrogen-bond acceptors (Lipinski definition) is 2. The average Bonchev–Trinajstić information content (AvgIpc) is 2.47. The normalized spacial score (nSPS) is 11.1. The van der Waals surface area contributed by atoms with Crippen molar-refractivity contribution >= 4 is 11.7 Å². The quantitative estimate of drug-likeness (QED) is 0.915. The highest BCUT2D eigenvalue weighted by molar-refractivity contribution is 5.88. The molecule has 22 heavy (non-hydrogen) atoms. The van der Waals surface area contributed by atoms with E-state index >= 15 is 0 Å². The van der Waals surface area contributed by atoms with Gasteiger partial charge >= 0.3 is 12.2 Å². The summed E-state index contributed by atoms with van der Waals surface area (Å²) in [5.74, 6) is 0. The van der Waals surface area contributed by atoms with Crippen molar-refractivity contribution in [2.75, 3.05) is 19.4 Å². The molecule has 4 nitrogen and oxygen atoms in total. The van der Waals surface area contributed by atoms with E-state index in [1.807, 2.05) is 0 Å². The Hall–Kier alpha value is -2.57. The summed E-state index contributed by atoms with van der Waals surface area (Å²) in [6.45, 7) is 0. The van der Waals surface area contributed by atoms with E-state index in [0.717, 1.165) is 12.1 Å². The van der Waals surface area contributed by atoms with Gasteiger partial charge in [-0.05, 0) is 24.3 Å². The van der Waals surface area contributed by atoms with E-state index in [0.29, 0.717) is 16.9 Å². The van der Waals surface area contributed by atoms with Crippen LogP contribution in [0.4, 0.5) is 23.7 Å². The fourth-order valence-corrected chi connectivity index (χ4v) is 1.73. The largest absolute Gasteiger partial charge is 0.416 e. The third-order valence-electron chi connectivity index (χ3n) is 2.91. The Morgan fingerprint density at radius 1 is 1.18 bits per heavy atom. The maximum atomic E-state index is 12.7. The van der Waals surface area contributed by atoms with Crippen LogP contribution in [0.5, 0.6) is 0 Å². The van der Waals surface area contributed by atoms with E-state index in [2.05, 4.69) is 10.3 Å². The lowest BCUT2D eigenvalue weighted by Crippen LogP contribution is -2.27. The highest BCUT2D eigenvalue weighted by atomic mass is 19.4. The van der Waals surface area contributed by atoms with Crippen LogP contribution in [0.25, 0.3) is 11.3 Å². The average molecular weight is 309 g/mol. The number of nitrogens with one attached hydrogen (secondary N) is 1. The van der Waals surface area contributed by atoms with Gasteiger partial charge in [-0.1, -0.05) is 12.1 Å². The first-order valence-electron chi connectivity index (χ1n) is 6.39. The predicted molar refractivity (Wildman–Crippen MR) is 77.4 cm³/mol. The van der Waals surface area contributed by atoms with Crippen molar-refractivity contribution in [2.24, 2.45) is 0 Å². The molecule has 1 N–H and O–H groups in total. The van der Waals surface area contributed by atoms with Gasteiger partial charge in [-0.25, -0.2) is 4.79 Å². The number of hydrogen-bond donors (Lipinski definition) is 1. The van der Waals surface area contributed by atoms with Crippen LogP contribution < -0.4 is 5.32 Å². The summed E-state index contributed by atoms with van der Waals surface area (Å²) < 4.78 is 38.1. The summed E-state index contributed by atoms with van der Waals surface area (Å²) in [4.78, 5) is 16.9. The molecule has 0 saturated carbocycles. The van der Waals surface area contributed by atoms with Gasteiger partial charge in [0.1, 0.15) is 0 Å². The van der Waals surface area contributed by atoms with E-state index in [1.54, 1.807) is 32.3 Å². The number of anilines is 1. The van der Waals surface area contributed by atoms with Gasteiger partial charge in [0.05, 0.1) is 23.1 Å². The van der Waals surface area contributed by atoms with E-state index in [9.17, 15) is 18.0 Å². The number of carbonyl (C=O) groups is 1. The molecule has 7 heteroatoms. The lowest BCUT2D eigenvalue weighted by atomic mass is 10.1. The number of nitrogens with zero attached hydrogens (tertiary/aromatic N) is 2. The van der Waals surface area contributed by atoms with Crippen molar-refractivity contribution in [2.45, 2.75) is 6.18 Å². The van der Waals surface area contributed by atoms with Gasteiger partial charge in [0.25, 0.3) is 0 Å². The molecule has 116 valence electrons. The Morgan fingerprint density at radius 3 is 2.45 bits per heavy atom. The second-order valence-electron chi connectivity index (χ2n) is 4.84. The Kier molecular flexibility index (Phi) is 4.35. The van der Waals surface area contributed by atoms with Gasteiger partial charge < -0.3 is 10.2 Å². The molecule has 0 bridgehead atoms. The van der Waals surface area contributed by atoms with E-state index in [-0.39, 0.29) is 6.03 Å². The Bertz CT molecular complexity index is 666. The zero-order chi connectivity index (χ0) is 16.3. The summed E-state index contributed by atoms with van der Waals surface area (Å²) in [5, 5.41) is 2.60. The van der Waals surface area contributed by atoms with Crippen LogP contribution in [0.3, 0.4) is 0 Å². The minimum atomic E-state index is -4.39. The number of alkyl halides is 3. The second-order valence-corrected chi connectivity index (χ2v) is 4.84. The molecular weight excluding hydrogens is 295 g/mol. The molecule has 1 heterocycles. The summed E-state index contributed by atoms with van der Waals surface area (Å²) in [6, 6.07) is 7.77. The predicted octanol–water partition coefficient (Wildman–Crippen LogP) is 3.86. The summed E-state index contributed by atoms with van der Waals surface area (Å²) in [6.07, 6.45) is -2.99. The van der Waals surface area contributed by atoms with Crippen LogP contribution in [0.2, 0.25) is 0 Å². The smallest absolute Gasteiger partial charge is 0.331 e. The molecule has 2 aromatic rings. The van der Waals surface area contributed by atoms with Crippen LogP contribution in [0.15, 0.2) is 42.6 Å². The maximum absolute atomic E-state index is 12.7. The summed E-state index contributed by atoms with van der Waals surface area (Å²) in [7, 11) is 3.19. The Morgan fingerprint density at radius 2 is 1.91 bits per heavy atom. The molecular formula is C15H14F3N3O. The molecule has 0 radical (unpaired) electrons. The zero-order valence-corrected chi connectivity index (χ0v) is 12.0. The fourth-order valence-electron chi connectivity index (χ4n) is 1.73. The molecule has 0 atom stereocenters. The first-order chi connectivity index (χ1) is 10.3. The minimum Gasteiger partial charge on any atom is -0.331 e. The standard InChI is InChI=1S/C15H14F3N3O/c1-21(2)14(22)20-12-6-7-13(19-9-12)10-4-3-5-11(8-10)15(16,17)18/h3-9H,1-2H3,(H,20,22). The van der Waals surface area contributed by atoms with Gasteiger partial charge in [-0.3, -0.25) is 4.98 Å². The van der Waals surface area contributed by atoms with Gasteiger partial charge in [0, 0.05) is 19.7 Å². The molecule has 0 unspecified atom stereocenters. The second kappa shape index (κ2) is 6.05. The first kappa shape index (κ1) is 15.8. The van der Waals surface area contributed by atoms with Gasteiger partial charge in [-0.2, -0.15) is 13.2 Å². The van der Waals surface area contributed by atoms with Crippen LogP contribution in [0, 0.1) is 0 Å². The number of aromatic nitrogens is 1. The molecule has 0 aliphatic rings. The number of amides is 2. The van der Waals surface area contributed by atoms with Crippen molar-refractivity contribution in [3.63, 3.8) is 0 Å². The van der Waals surface area contributed by atoms with Gasteiger partial charge in [0.15, 0.2) is 0 Å². The minimum absolute atomic E-state index is 0.311. The molecule has 0 aliphatic carbocycles. The maximum Gasteiger partial charge on any atom is 0.416 e. The molecule has 2 amide bonds. The number of rotatable bonds is 2. The van der Waals surface area contributed by atoms with Crippen LogP contribution in [-0.4, -0.2) is 30.0 Å². The number of halogens is 3. The number of urea groups is 1. The highest BCUT2D eigenvalue weighted by Gasteiger charge is 2.30. The van der Waals surface area contributed by atoms with Crippen LogP contribution in [0.1, 0.15) is 5.56 Å². The van der Waals surface area contributed by atoms with Crippen molar-refractivity contribution < 1.29 is 18.0 Å². The monoisotopic (exact) mass is 309 g/mol. The zero-order valence-electron chi connectivity index (χ0n) is 12.0. The van der Waals surface area contributed by atoms with E-state index in [1.165, 1.54) is 17.2 Å². The highest BCUT2D eigenvalue weighted by Crippen LogP contribution is 2.31. The van der Waals surface area contributed by atoms with Crippen molar-refractivity contribution in [1.82, 2.24) is 9.88 Å². The molecule has 1 aromatic heterocycles. The van der Waals surface area contributed by atoms with Crippen LogP contribution >= 0.6 is 0 Å². The van der Waals surface area contributed by atoms with Crippen molar-refractivity contribution in [1.29, 1.82) is 0 Å². The molecule has 0 saturated heterocycles. The lowest BCUT2D eigenvalue weighted by molar-refractivity contribution is -0.137. The lowest BCUT2D eigenvalue weighted by Gasteiger charge is -2.12. The molecule has 0 fully saturated rings.